The van der Waals surface area contributed by atoms with Crippen molar-refractivity contribution in [3.63, 3.8) is 0 Å². The Kier molecular flexibility index (Phi) is 5.83. The average molecular weight is 363 g/mol. The molecule has 3 rings (SSSR count). The second kappa shape index (κ2) is 7.52. The van der Waals surface area contributed by atoms with Gasteiger partial charge in [-0.05, 0) is 25.5 Å². The molecule has 2 aliphatic heterocycles. The number of halogens is 3. The predicted octanol–water partition coefficient (Wildman–Crippen LogP) is 1.80. The van der Waals surface area contributed by atoms with E-state index in [4.69, 9.17) is 19.4 Å². The van der Waals surface area contributed by atoms with E-state index >= 15 is 0 Å². The summed E-state index contributed by atoms with van der Waals surface area (Å²) >= 11 is 0. The zero-order valence-electron chi connectivity index (χ0n) is 13.9. The summed E-state index contributed by atoms with van der Waals surface area (Å²) in [5.41, 5.74) is 0.924. The number of rotatable bonds is 2. The number of anilines is 1. The van der Waals surface area contributed by atoms with Gasteiger partial charge in [-0.3, -0.25) is 0 Å². The Morgan fingerprint density at radius 3 is 2.52 bits per heavy atom. The molecular weight excluding hydrogens is 343 g/mol. The smallest absolute Gasteiger partial charge is 0.475 e. The minimum Gasteiger partial charge on any atom is -0.475 e. The Morgan fingerprint density at radius 1 is 1.40 bits per heavy atom. The second-order valence-corrected chi connectivity index (χ2v) is 6.07. The van der Waals surface area contributed by atoms with E-state index in [-0.39, 0.29) is 5.60 Å². The van der Waals surface area contributed by atoms with Gasteiger partial charge in [-0.15, -0.1) is 5.10 Å². The first-order chi connectivity index (χ1) is 11.6. The number of aliphatic carboxylic acids is 1. The molecule has 1 unspecified atom stereocenters. The van der Waals surface area contributed by atoms with Crippen molar-refractivity contribution in [3.8, 4) is 0 Å². The third-order valence-electron chi connectivity index (χ3n) is 4.09. The molecule has 7 nitrogen and oxygen atoms in total. The van der Waals surface area contributed by atoms with Crippen molar-refractivity contribution >= 4 is 11.8 Å². The first-order valence-corrected chi connectivity index (χ1v) is 7.67. The van der Waals surface area contributed by atoms with E-state index in [0.29, 0.717) is 6.10 Å². The summed E-state index contributed by atoms with van der Waals surface area (Å²) in [4.78, 5) is 11.1. The van der Waals surface area contributed by atoms with Gasteiger partial charge in [0.25, 0.3) is 0 Å². The minimum absolute atomic E-state index is 0.0223. The van der Waals surface area contributed by atoms with Gasteiger partial charge in [-0.2, -0.15) is 18.3 Å². The number of aryl methyl sites for hydroxylation is 1. The number of carboxylic acid groups (broad SMARTS) is 1. The molecule has 0 amide bonds. The number of carboxylic acids is 1. The lowest BCUT2D eigenvalue weighted by molar-refractivity contribution is -0.192. The number of ether oxygens (including phenoxy) is 2. The van der Waals surface area contributed by atoms with Gasteiger partial charge in [0.1, 0.15) is 5.60 Å². The summed E-state index contributed by atoms with van der Waals surface area (Å²) in [5.74, 6) is -1.82. The number of aromatic nitrogens is 2. The van der Waals surface area contributed by atoms with Crippen molar-refractivity contribution in [3.05, 3.63) is 17.8 Å². The largest absolute Gasteiger partial charge is 0.490 e. The van der Waals surface area contributed by atoms with Crippen LogP contribution in [0.4, 0.5) is 19.0 Å². The van der Waals surface area contributed by atoms with Gasteiger partial charge in [0.05, 0.1) is 24.9 Å². The Morgan fingerprint density at radius 2 is 2.04 bits per heavy atom. The second-order valence-electron chi connectivity index (χ2n) is 6.07. The van der Waals surface area contributed by atoms with Crippen LogP contribution in [-0.2, 0) is 14.3 Å². The van der Waals surface area contributed by atoms with Gasteiger partial charge in [-0.1, -0.05) is 0 Å². The minimum atomic E-state index is -5.08. The van der Waals surface area contributed by atoms with Crippen LogP contribution < -0.4 is 4.90 Å². The Bertz CT molecular complexity index is 589. The zero-order chi connectivity index (χ0) is 18.7. The molecule has 10 heteroatoms. The van der Waals surface area contributed by atoms with Gasteiger partial charge in [0.2, 0.25) is 0 Å². The van der Waals surface area contributed by atoms with E-state index in [2.05, 4.69) is 15.1 Å². The van der Waals surface area contributed by atoms with E-state index in [1.165, 1.54) is 0 Å². The first-order valence-electron chi connectivity index (χ1n) is 7.67. The maximum Gasteiger partial charge on any atom is 0.490 e. The summed E-state index contributed by atoms with van der Waals surface area (Å²) in [5, 5.41) is 15.4. The molecule has 0 saturated carbocycles. The van der Waals surface area contributed by atoms with Crippen LogP contribution in [0.5, 0.6) is 0 Å². The van der Waals surface area contributed by atoms with E-state index in [9.17, 15) is 13.2 Å². The topological polar surface area (TPSA) is 84.8 Å². The van der Waals surface area contributed by atoms with Gasteiger partial charge < -0.3 is 19.5 Å². The lowest BCUT2D eigenvalue weighted by atomic mass is 9.84. The molecule has 1 spiro atoms. The van der Waals surface area contributed by atoms with Crippen LogP contribution in [0.3, 0.4) is 0 Å². The number of carbonyl (C=O) groups is 1. The Labute approximate surface area is 142 Å². The van der Waals surface area contributed by atoms with Crippen LogP contribution in [0.1, 0.15) is 18.5 Å². The predicted molar refractivity (Wildman–Crippen MR) is 81.4 cm³/mol. The number of methoxy groups -OCH3 is 1. The molecule has 0 radical (unpaired) electrons. The number of hydrogen-bond acceptors (Lipinski definition) is 6. The molecule has 25 heavy (non-hydrogen) atoms. The normalized spacial score (nSPS) is 22.0. The summed E-state index contributed by atoms with van der Waals surface area (Å²) in [6, 6.07) is 4.01. The van der Waals surface area contributed by atoms with Gasteiger partial charge in [-0.25, -0.2) is 4.79 Å². The molecule has 140 valence electrons. The summed E-state index contributed by atoms with van der Waals surface area (Å²) in [6.45, 7) is 4.53. The molecule has 0 aliphatic carbocycles. The number of alkyl halides is 3. The third kappa shape index (κ3) is 5.02. The van der Waals surface area contributed by atoms with E-state index < -0.39 is 12.1 Å². The quantitative estimate of drug-likeness (QED) is 0.858. The fraction of sp³-hybridized carbons (Fsp3) is 0.667. The Balaban J connectivity index is 0.000000277. The molecular formula is C15H20F3N3O4. The molecule has 0 bridgehead atoms. The summed E-state index contributed by atoms with van der Waals surface area (Å²) in [6.07, 6.45) is -2.76. The molecule has 2 saturated heterocycles. The lowest BCUT2D eigenvalue weighted by Gasteiger charge is -2.53. The average Bonchev–Trinajstić information content (AvgIpc) is 2.53. The van der Waals surface area contributed by atoms with Crippen molar-refractivity contribution in [2.75, 3.05) is 31.7 Å². The van der Waals surface area contributed by atoms with Crippen molar-refractivity contribution < 1.29 is 32.5 Å². The number of nitrogens with zero attached hydrogens (tertiary/aromatic N) is 3. The summed E-state index contributed by atoms with van der Waals surface area (Å²) < 4.78 is 43.1. The first kappa shape index (κ1) is 19.4. The standard InChI is InChI=1S/C13H19N3O2.C2HF3O2/c1-10-3-4-12(15-14-10)16-8-13(9-16)7-11(17-2)5-6-18-13;3-2(4,5)1(6)7/h3-4,11H,5-9H2,1-2H3;(H,6,7). The molecule has 3 heterocycles. The Hall–Kier alpha value is -1.94. The molecule has 2 aliphatic rings. The van der Waals surface area contributed by atoms with Crippen molar-refractivity contribution in [1.29, 1.82) is 0 Å². The summed E-state index contributed by atoms with van der Waals surface area (Å²) in [7, 11) is 1.78. The van der Waals surface area contributed by atoms with Crippen LogP contribution in [-0.4, -0.2) is 66.0 Å². The van der Waals surface area contributed by atoms with Crippen LogP contribution in [0.25, 0.3) is 0 Å². The highest BCUT2D eigenvalue weighted by molar-refractivity contribution is 5.73. The van der Waals surface area contributed by atoms with Crippen LogP contribution in [0.15, 0.2) is 12.1 Å². The molecule has 1 N–H and O–H groups in total. The fourth-order valence-corrected chi connectivity index (χ4v) is 2.78. The van der Waals surface area contributed by atoms with Gasteiger partial charge in [0.15, 0.2) is 5.82 Å². The highest BCUT2D eigenvalue weighted by Gasteiger charge is 2.48. The van der Waals surface area contributed by atoms with Gasteiger partial charge in [0, 0.05) is 20.1 Å². The highest BCUT2D eigenvalue weighted by Crippen LogP contribution is 2.36. The zero-order valence-corrected chi connectivity index (χ0v) is 13.9. The van der Waals surface area contributed by atoms with Crippen LogP contribution >= 0.6 is 0 Å². The lowest BCUT2D eigenvalue weighted by Crippen LogP contribution is -2.66. The van der Waals surface area contributed by atoms with Crippen LogP contribution in [0.2, 0.25) is 0 Å². The molecule has 1 atom stereocenters. The SMILES string of the molecule is COC1CCOC2(C1)CN(c1ccc(C)nn1)C2.O=C(O)C(F)(F)F. The third-order valence-corrected chi connectivity index (χ3v) is 4.09. The number of hydrogen-bond donors (Lipinski definition) is 1. The van der Waals surface area contributed by atoms with Gasteiger partial charge >= 0.3 is 12.1 Å². The maximum atomic E-state index is 10.6. The molecule has 0 aromatic carbocycles. The van der Waals surface area contributed by atoms with E-state index in [1.54, 1.807) is 7.11 Å². The maximum absolute atomic E-state index is 10.6. The van der Waals surface area contributed by atoms with E-state index in [0.717, 1.165) is 44.0 Å². The fourth-order valence-electron chi connectivity index (χ4n) is 2.78. The van der Waals surface area contributed by atoms with Crippen molar-refractivity contribution in [2.45, 2.75) is 37.6 Å². The van der Waals surface area contributed by atoms with Crippen molar-refractivity contribution in [2.24, 2.45) is 0 Å². The van der Waals surface area contributed by atoms with E-state index in [1.807, 2.05) is 19.1 Å². The monoisotopic (exact) mass is 363 g/mol. The molecule has 1 aromatic heterocycles. The van der Waals surface area contributed by atoms with Crippen LogP contribution in [0, 0.1) is 6.92 Å². The molecule has 2 fully saturated rings. The highest BCUT2D eigenvalue weighted by atomic mass is 19.4. The van der Waals surface area contributed by atoms with Crippen molar-refractivity contribution in [1.82, 2.24) is 10.2 Å². The molecule has 1 aromatic rings.